The first kappa shape index (κ1) is 10.9. The van der Waals surface area contributed by atoms with E-state index in [1.54, 1.807) is 0 Å². The molecule has 0 spiro atoms. The summed E-state index contributed by atoms with van der Waals surface area (Å²) in [7, 11) is 0. The van der Waals surface area contributed by atoms with E-state index in [1.165, 1.54) is 19.3 Å². The summed E-state index contributed by atoms with van der Waals surface area (Å²) in [5, 5.41) is 6.32. The minimum Gasteiger partial charge on any atom is -0.355 e. The lowest BCUT2D eigenvalue weighted by molar-refractivity contribution is -0.127. The summed E-state index contributed by atoms with van der Waals surface area (Å²) in [4.78, 5) is 11.8. The van der Waals surface area contributed by atoms with Gasteiger partial charge >= 0.3 is 0 Å². The van der Waals surface area contributed by atoms with Gasteiger partial charge in [-0.05, 0) is 37.3 Å². The van der Waals surface area contributed by atoms with Crippen LogP contribution in [-0.2, 0) is 4.79 Å². The van der Waals surface area contributed by atoms with Crippen molar-refractivity contribution in [2.75, 3.05) is 19.6 Å². The number of nitrogens with one attached hydrogen (secondary N) is 2. The van der Waals surface area contributed by atoms with Gasteiger partial charge in [0, 0.05) is 12.5 Å². The Balaban J connectivity index is 1.71. The minimum absolute atomic E-state index is 0.176. The molecule has 1 aliphatic heterocycles. The maximum absolute atomic E-state index is 11.8. The highest BCUT2D eigenvalue weighted by molar-refractivity contribution is 5.78. The van der Waals surface area contributed by atoms with E-state index in [1.807, 2.05) is 6.92 Å². The van der Waals surface area contributed by atoms with Gasteiger partial charge in [0.25, 0.3) is 0 Å². The third kappa shape index (κ3) is 2.33. The van der Waals surface area contributed by atoms with Gasteiger partial charge < -0.3 is 10.6 Å². The smallest absolute Gasteiger partial charge is 0.223 e. The molecule has 86 valence electrons. The zero-order valence-corrected chi connectivity index (χ0v) is 9.81. The molecule has 1 atom stereocenters. The first-order valence-electron chi connectivity index (χ1n) is 6.09. The zero-order chi connectivity index (χ0) is 10.9. The molecule has 2 aliphatic rings. The largest absolute Gasteiger partial charge is 0.355 e. The van der Waals surface area contributed by atoms with Crippen LogP contribution in [-0.4, -0.2) is 25.5 Å². The zero-order valence-electron chi connectivity index (χ0n) is 9.81. The molecule has 1 saturated carbocycles. The molecule has 1 aliphatic carbocycles. The average molecular weight is 210 g/mol. The lowest BCUT2D eigenvalue weighted by Crippen LogP contribution is -2.51. The summed E-state index contributed by atoms with van der Waals surface area (Å²) < 4.78 is 0. The van der Waals surface area contributed by atoms with Crippen LogP contribution in [0.5, 0.6) is 0 Å². The van der Waals surface area contributed by atoms with Gasteiger partial charge in [0.2, 0.25) is 5.91 Å². The highest BCUT2D eigenvalue weighted by atomic mass is 16.1. The molecule has 2 fully saturated rings. The Kier molecular flexibility index (Phi) is 3.01. The van der Waals surface area contributed by atoms with Crippen LogP contribution in [0.1, 0.15) is 33.1 Å². The van der Waals surface area contributed by atoms with Gasteiger partial charge in [0.15, 0.2) is 0 Å². The second-order valence-electron chi connectivity index (χ2n) is 5.59. The Morgan fingerprint density at radius 3 is 2.60 bits per heavy atom. The van der Waals surface area contributed by atoms with Gasteiger partial charge in [-0.3, -0.25) is 4.79 Å². The molecule has 1 heterocycles. The van der Waals surface area contributed by atoms with Crippen LogP contribution in [0.25, 0.3) is 0 Å². The van der Waals surface area contributed by atoms with Crippen molar-refractivity contribution in [2.24, 2.45) is 17.3 Å². The van der Waals surface area contributed by atoms with E-state index >= 15 is 0 Å². The van der Waals surface area contributed by atoms with Gasteiger partial charge in [-0.2, -0.15) is 0 Å². The third-order valence-electron chi connectivity index (χ3n) is 4.18. The molecule has 2 rings (SSSR count). The first-order valence-corrected chi connectivity index (χ1v) is 6.09. The number of carbonyl (C=O) groups excluding carboxylic acids is 1. The molecule has 0 aromatic carbocycles. The van der Waals surface area contributed by atoms with Crippen LogP contribution < -0.4 is 10.6 Å². The van der Waals surface area contributed by atoms with Crippen LogP contribution in [0, 0.1) is 17.3 Å². The van der Waals surface area contributed by atoms with E-state index in [0.717, 1.165) is 19.6 Å². The van der Waals surface area contributed by atoms with Crippen molar-refractivity contribution in [3.63, 3.8) is 0 Å². The monoisotopic (exact) mass is 210 g/mol. The Bertz CT molecular complexity index is 244. The molecule has 3 nitrogen and oxygen atoms in total. The number of hydrogen-bond donors (Lipinski definition) is 2. The van der Waals surface area contributed by atoms with E-state index < -0.39 is 0 Å². The van der Waals surface area contributed by atoms with Crippen molar-refractivity contribution >= 4 is 5.91 Å². The van der Waals surface area contributed by atoms with Crippen molar-refractivity contribution in [1.29, 1.82) is 0 Å². The predicted octanol–water partition coefficient (Wildman–Crippen LogP) is 1.15. The molecule has 1 amide bonds. The maximum atomic E-state index is 11.8. The van der Waals surface area contributed by atoms with Crippen molar-refractivity contribution < 1.29 is 4.79 Å². The molecule has 0 bridgehead atoms. The van der Waals surface area contributed by atoms with Crippen molar-refractivity contribution in [3.8, 4) is 0 Å². The fourth-order valence-electron chi connectivity index (χ4n) is 2.30. The molecule has 1 unspecified atom stereocenters. The summed E-state index contributed by atoms with van der Waals surface area (Å²) >= 11 is 0. The minimum atomic E-state index is 0.176. The molecule has 2 N–H and O–H groups in total. The van der Waals surface area contributed by atoms with Gasteiger partial charge in [-0.15, -0.1) is 0 Å². The van der Waals surface area contributed by atoms with E-state index in [9.17, 15) is 4.79 Å². The molecule has 0 aromatic heterocycles. The molecular formula is C12H22N2O. The summed E-state index contributed by atoms with van der Waals surface area (Å²) in [6.45, 7) is 7.20. The number of carbonyl (C=O) groups is 1. The molecule has 0 radical (unpaired) electrons. The topological polar surface area (TPSA) is 41.1 Å². The lowest BCUT2D eigenvalue weighted by Gasteiger charge is -2.39. The molecule has 15 heavy (non-hydrogen) atoms. The van der Waals surface area contributed by atoms with E-state index in [4.69, 9.17) is 0 Å². The molecule has 3 heteroatoms. The summed E-state index contributed by atoms with van der Waals surface area (Å²) in [6, 6.07) is 0. The van der Waals surface area contributed by atoms with Crippen LogP contribution >= 0.6 is 0 Å². The van der Waals surface area contributed by atoms with Crippen LogP contribution in [0.2, 0.25) is 0 Å². The third-order valence-corrected chi connectivity index (χ3v) is 4.18. The molecular weight excluding hydrogens is 188 g/mol. The Labute approximate surface area is 92.0 Å². The van der Waals surface area contributed by atoms with Crippen LogP contribution in [0.15, 0.2) is 0 Å². The van der Waals surface area contributed by atoms with Crippen molar-refractivity contribution in [2.45, 2.75) is 33.1 Å². The van der Waals surface area contributed by atoms with Crippen molar-refractivity contribution in [1.82, 2.24) is 10.6 Å². The Hall–Kier alpha value is -0.570. The standard InChI is InChI=1S/C12H22N2O/c1-9(10-6-13-7-10)11(15)14-8-12(2)4-3-5-12/h9-10,13H,3-8H2,1-2H3,(H,14,15). The molecule has 1 saturated heterocycles. The SMILES string of the molecule is CC(C(=O)NCC1(C)CCC1)C1CNC1. The normalized spacial score (nSPS) is 26.3. The van der Waals surface area contributed by atoms with E-state index in [2.05, 4.69) is 17.6 Å². The number of rotatable bonds is 4. The van der Waals surface area contributed by atoms with Crippen LogP contribution in [0.4, 0.5) is 0 Å². The highest BCUT2D eigenvalue weighted by Gasteiger charge is 2.34. The fraction of sp³-hybridized carbons (Fsp3) is 0.917. The van der Waals surface area contributed by atoms with E-state index in [0.29, 0.717) is 11.3 Å². The van der Waals surface area contributed by atoms with E-state index in [-0.39, 0.29) is 11.8 Å². The summed E-state index contributed by atoms with van der Waals surface area (Å²) in [5.41, 5.74) is 0.396. The second kappa shape index (κ2) is 4.12. The molecule has 0 aromatic rings. The quantitative estimate of drug-likeness (QED) is 0.731. The Morgan fingerprint density at radius 1 is 1.53 bits per heavy atom. The van der Waals surface area contributed by atoms with Gasteiger partial charge in [0.1, 0.15) is 0 Å². The first-order chi connectivity index (χ1) is 7.11. The highest BCUT2D eigenvalue weighted by Crippen LogP contribution is 2.39. The number of amides is 1. The maximum Gasteiger partial charge on any atom is 0.223 e. The van der Waals surface area contributed by atoms with Crippen molar-refractivity contribution in [3.05, 3.63) is 0 Å². The van der Waals surface area contributed by atoms with Gasteiger partial charge in [-0.25, -0.2) is 0 Å². The fourth-order valence-corrected chi connectivity index (χ4v) is 2.30. The predicted molar refractivity (Wildman–Crippen MR) is 60.5 cm³/mol. The summed E-state index contributed by atoms with van der Waals surface area (Å²) in [6.07, 6.45) is 3.87. The summed E-state index contributed by atoms with van der Waals surface area (Å²) in [5.74, 6) is 0.976. The average Bonchev–Trinajstić information content (AvgIpc) is 2.08. The Morgan fingerprint density at radius 2 is 2.20 bits per heavy atom. The van der Waals surface area contributed by atoms with Gasteiger partial charge in [-0.1, -0.05) is 20.3 Å². The van der Waals surface area contributed by atoms with Gasteiger partial charge in [0.05, 0.1) is 0 Å². The lowest BCUT2D eigenvalue weighted by atomic mass is 9.70. The number of hydrogen-bond acceptors (Lipinski definition) is 2. The second-order valence-corrected chi connectivity index (χ2v) is 5.59. The van der Waals surface area contributed by atoms with Crippen LogP contribution in [0.3, 0.4) is 0 Å².